The second kappa shape index (κ2) is 6.05. The fraction of sp³-hybridized carbons (Fsp3) is 0.400. The molecule has 0 radical (unpaired) electrons. The minimum absolute atomic E-state index is 0.284. The largest absolute Gasteiger partial charge is 0.496 e. The molecule has 22 heavy (non-hydrogen) atoms. The summed E-state index contributed by atoms with van der Waals surface area (Å²) in [5.41, 5.74) is -0.289. The normalized spacial score (nSPS) is 20.8. The second-order valence-electron chi connectivity index (χ2n) is 5.32. The van der Waals surface area contributed by atoms with Gasteiger partial charge in [0.1, 0.15) is 17.8 Å². The highest BCUT2D eigenvalue weighted by molar-refractivity contribution is 6.08. The first-order chi connectivity index (χ1) is 10.4. The van der Waals surface area contributed by atoms with E-state index >= 15 is 0 Å². The number of likely N-dealkylation sites (N-methyl/N-ethyl adjacent to an activating group) is 1. The Morgan fingerprint density at radius 1 is 1.36 bits per heavy atom. The van der Waals surface area contributed by atoms with E-state index < -0.39 is 23.4 Å². The van der Waals surface area contributed by atoms with Crippen molar-refractivity contribution in [2.45, 2.75) is 18.9 Å². The molecule has 2 rings (SSSR count). The lowest BCUT2D eigenvalue weighted by molar-refractivity contribution is -0.134. The smallest absolute Gasteiger partial charge is 0.325 e. The molecule has 0 bridgehead atoms. The Labute approximate surface area is 128 Å². The van der Waals surface area contributed by atoms with Gasteiger partial charge in [-0.15, -0.1) is 0 Å². The van der Waals surface area contributed by atoms with Crippen molar-refractivity contribution in [2.75, 3.05) is 20.7 Å². The number of methoxy groups -OCH3 is 1. The summed E-state index contributed by atoms with van der Waals surface area (Å²) in [7, 11) is 3.00. The number of urea groups is 1. The highest BCUT2D eigenvalue weighted by Gasteiger charge is 2.48. The zero-order valence-electron chi connectivity index (χ0n) is 12.8. The Morgan fingerprint density at radius 2 is 2.05 bits per heavy atom. The number of nitrogens with zero attached hydrogens (tertiary/aromatic N) is 1. The maximum Gasteiger partial charge on any atom is 0.325 e. The average Bonchev–Trinajstić information content (AvgIpc) is 2.71. The third-order valence-corrected chi connectivity index (χ3v) is 3.66. The lowest BCUT2D eigenvalue weighted by Crippen LogP contribution is -2.46. The van der Waals surface area contributed by atoms with Crippen LogP contribution in [0.3, 0.4) is 0 Å². The lowest BCUT2D eigenvalue weighted by atomic mass is 9.92. The van der Waals surface area contributed by atoms with Crippen LogP contribution in [0, 0.1) is 0 Å². The highest BCUT2D eigenvalue weighted by atomic mass is 16.5. The molecule has 1 saturated heterocycles. The number of ether oxygens (including phenoxy) is 1. The molecule has 1 aliphatic rings. The predicted molar refractivity (Wildman–Crippen MR) is 79.4 cm³/mol. The molecule has 0 spiro atoms. The van der Waals surface area contributed by atoms with Crippen LogP contribution in [-0.4, -0.2) is 49.0 Å². The first-order valence-electron chi connectivity index (χ1n) is 6.88. The number of nitrogens with one attached hydrogen (secondary N) is 2. The van der Waals surface area contributed by atoms with Crippen molar-refractivity contribution in [3.8, 4) is 5.75 Å². The lowest BCUT2D eigenvalue weighted by Gasteiger charge is -2.22. The molecule has 0 aliphatic carbocycles. The summed E-state index contributed by atoms with van der Waals surface area (Å²) in [5.74, 6) is -0.174. The molecule has 1 atom stereocenters. The van der Waals surface area contributed by atoms with Crippen LogP contribution in [-0.2, 0) is 16.0 Å². The Hall–Kier alpha value is -2.57. The Morgan fingerprint density at radius 3 is 2.68 bits per heavy atom. The van der Waals surface area contributed by atoms with Gasteiger partial charge in [0.05, 0.1) is 7.11 Å². The number of carbonyl (C=O) groups is 3. The number of benzene rings is 1. The molecule has 1 aromatic rings. The van der Waals surface area contributed by atoms with Crippen molar-refractivity contribution in [3.63, 3.8) is 0 Å². The van der Waals surface area contributed by atoms with Gasteiger partial charge in [-0.25, -0.2) is 4.79 Å². The van der Waals surface area contributed by atoms with Crippen LogP contribution in [0.2, 0.25) is 0 Å². The van der Waals surface area contributed by atoms with Crippen LogP contribution in [0.1, 0.15) is 12.5 Å². The van der Waals surface area contributed by atoms with Crippen LogP contribution in [0.5, 0.6) is 5.75 Å². The van der Waals surface area contributed by atoms with E-state index in [0.29, 0.717) is 5.75 Å². The number of hydrogen-bond donors (Lipinski definition) is 2. The summed E-state index contributed by atoms with van der Waals surface area (Å²) >= 11 is 0. The molecule has 2 N–H and O–H groups in total. The molecule has 7 heteroatoms. The van der Waals surface area contributed by atoms with E-state index in [4.69, 9.17) is 4.74 Å². The van der Waals surface area contributed by atoms with E-state index in [9.17, 15) is 14.4 Å². The van der Waals surface area contributed by atoms with E-state index in [0.717, 1.165) is 10.5 Å². The summed E-state index contributed by atoms with van der Waals surface area (Å²) in [6.07, 6.45) is 0.284. The van der Waals surface area contributed by atoms with Gasteiger partial charge in [-0.3, -0.25) is 14.5 Å². The van der Waals surface area contributed by atoms with E-state index in [1.165, 1.54) is 7.05 Å². The molecule has 1 aliphatic heterocycles. The van der Waals surface area contributed by atoms with Crippen molar-refractivity contribution in [2.24, 2.45) is 0 Å². The fourth-order valence-corrected chi connectivity index (χ4v) is 2.46. The molecule has 118 valence electrons. The van der Waals surface area contributed by atoms with Gasteiger partial charge in [0.25, 0.3) is 5.91 Å². The third-order valence-electron chi connectivity index (χ3n) is 3.66. The standard InChI is InChI=1S/C15H19N3O4/c1-15(8-10-6-4-5-7-11(10)22-3)13(20)18(14(21)17-15)9-12(19)16-2/h4-7H,8-9H2,1-3H3,(H,16,19)(H,17,21)/t15-/m0/s1. The van der Waals surface area contributed by atoms with Crippen molar-refractivity contribution < 1.29 is 19.1 Å². The van der Waals surface area contributed by atoms with Gasteiger partial charge >= 0.3 is 6.03 Å². The molecular weight excluding hydrogens is 286 g/mol. The molecule has 1 aromatic carbocycles. The number of hydrogen-bond acceptors (Lipinski definition) is 4. The zero-order chi connectivity index (χ0) is 16.3. The first kappa shape index (κ1) is 15.8. The number of rotatable bonds is 5. The van der Waals surface area contributed by atoms with Crippen molar-refractivity contribution >= 4 is 17.8 Å². The van der Waals surface area contributed by atoms with Crippen LogP contribution in [0.15, 0.2) is 24.3 Å². The molecule has 1 fully saturated rings. The predicted octanol–water partition coefficient (Wildman–Crippen LogP) is 0.294. The molecule has 1 heterocycles. The number of para-hydroxylation sites is 1. The van der Waals surface area contributed by atoms with E-state index in [1.807, 2.05) is 18.2 Å². The molecule has 7 nitrogen and oxygen atoms in total. The number of carbonyl (C=O) groups excluding carboxylic acids is 3. The van der Waals surface area contributed by atoms with Gasteiger partial charge in [0, 0.05) is 13.5 Å². The maximum absolute atomic E-state index is 12.5. The molecule has 4 amide bonds. The minimum atomic E-state index is -1.10. The average molecular weight is 305 g/mol. The fourth-order valence-electron chi connectivity index (χ4n) is 2.46. The summed E-state index contributed by atoms with van der Waals surface area (Å²) < 4.78 is 5.27. The topological polar surface area (TPSA) is 87.7 Å². The van der Waals surface area contributed by atoms with Crippen molar-refractivity contribution in [3.05, 3.63) is 29.8 Å². The van der Waals surface area contributed by atoms with Gasteiger partial charge in [-0.1, -0.05) is 18.2 Å². The molecule has 0 unspecified atom stereocenters. The highest BCUT2D eigenvalue weighted by Crippen LogP contribution is 2.27. The quantitative estimate of drug-likeness (QED) is 0.766. The minimum Gasteiger partial charge on any atom is -0.496 e. The summed E-state index contributed by atoms with van der Waals surface area (Å²) in [4.78, 5) is 36.8. The summed E-state index contributed by atoms with van der Waals surface area (Å²) in [5, 5.41) is 5.06. The molecular formula is C15H19N3O4. The SMILES string of the molecule is CNC(=O)CN1C(=O)N[C@@](C)(Cc2ccccc2OC)C1=O. The van der Waals surface area contributed by atoms with E-state index in [2.05, 4.69) is 10.6 Å². The number of imide groups is 1. The maximum atomic E-state index is 12.5. The Kier molecular flexibility index (Phi) is 4.35. The van der Waals surface area contributed by atoms with Crippen molar-refractivity contribution in [1.82, 2.24) is 15.5 Å². The van der Waals surface area contributed by atoms with Gasteiger partial charge in [-0.05, 0) is 18.6 Å². The van der Waals surface area contributed by atoms with Crippen LogP contribution in [0.25, 0.3) is 0 Å². The van der Waals surface area contributed by atoms with Gasteiger partial charge in [0.15, 0.2) is 0 Å². The monoisotopic (exact) mass is 305 g/mol. The van der Waals surface area contributed by atoms with Gasteiger partial charge in [0.2, 0.25) is 5.91 Å². The van der Waals surface area contributed by atoms with Crippen LogP contribution >= 0.6 is 0 Å². The van der Waals surface area contributed by atoms with Crippen LogP contribution < -0.4 is 15.4 Å². The van der Waals surface area contributed by atoms with Gasteiger partial charge in [-0.2, -0.15) is 0 Å². The Bertz CT molecular complexity index is 617. The van der Waals surface area contributed by atoms with E-state index in [1.54, 1.807) is 20.1 Å². The van der Waals surface area contributed by atoms with Gasteiger partial charge < -0.3 is 15.4 Å². The Balaban J connectivity index is 2.22. The molecule has 0 aromatic heterocycles. The molecule has 0 saturated carbocycles. The van der Waals surface area contributed by atoms with E-state index in [-0.39, 0.29) is 13.0 Å². The third kappa shape index (κ3) is 2.88. The first-order valence-corrected chi connectivity index (χ1v) is 6.88. The number of amides is 4. The van der Waals surface area contributed by atoms with Crippen molar-refractivity contribution in [1.29, 1.82) is 0 Å². The zero-order valence-corrected chi connectivity index (χ0v) is 12.8. The van der Waals surface area contributed by atoms with Crippen LogP contribution in [0.4, 0.5) is 4.79 Å². The summed E-state index contributed by atoms with van der Waals surface area (Å²) in [6, 6.07) is 6.74. The second-order valence-corrected chi connectivity index (χ2v) is 5.32. The summed E-state index contributed by atoms with van der Waals surface area (Å²) in [6.45, 7) is 1.35.